The highest BCUT2D eigenvalue weighted by molar-refractivity contribution is 7.93. The molecule has 28 heavy (non-hydrogen) atoms. The van der Waals surface area contributed by atoms with Crippen LogP contribution in [0.1, 0.15) is 6.92 Å². The second kappa shape index (κ2) is 8.49. The molecule has 0 radical (unpaired) electrons. The third kappa shape index (κ3) is 4.20. The Balaban J connectivity index is 1.94. The van der Waals surface area contributed by atoms with Crippen LogP contribution in [-0.2, 0) is 14.8 Å². The van der Waals surface area contributed by atoms with Gasteiger partial charge in [-0.15, -0.1) is 11.3 Å². The fourth-order valence-corrected chi connectivity index (χ4v) is 4.91. The number of rotatable bonds is 7. The first kappa shape index (κ1) is 20.0. The van der Waals surface area contributed by atoms with Crippen molar-refractivity contribution in [1.29, 1.82) is 0 Å². The highest BCUT2D eigenvalue weighted by Gasteiger charge is 2.30. The monoisotopic (exact) mass is 419 g/mol. The van der Waals surface area contributed by atoms with Gasteiger partial charge in [0.2, 0.25) is 5.91 Å². The third-order valence-electron chi connectivity index (χ3n) is 4.00. The second-order valence-electron chi connectivity index (χ2n) is 5.75. The Labute approximate surface area is 166 Å². The Morgan fingerprint density at radius 2 is 1.79 bits per heavy atom. The van der Waals surface area contributed by atoms with E-state index in [1.165, 1.54) is 47.5 Å². The van der Waals surface area contributed by atoms with Gasteiger partial charge in [-0.3, -0.25) is 4.79 Å². The van der Waals surface area contributed by atoms with Crippen LogP contribution in [0.15, 0.2) is 71.1 Å². The predicted octanol–water partition coefficient (Wildman–Crippen LogP) is 3.53. The van der Waals surface area contributed by atoms with Gasteiger partial charge in [0.1, 0.15) is 12.4 Å². The van der Waals surface area contributed by atoms with Gasteiger partial charge in [0.25, 0.3) is 10.0 Å². The van der Waals surface area contributed by atoms with Crippen LogP contribution >= 0.6 is 11.3 Å². The van der Waals surface area contributed by atoms with Crippen LogP contribution in [0.3, 0.4) is 0 Å². The summed E-state index contributed by atoms with van der Waals surface area (Å²) in [5.74, 6) is -0.855. The molecular weight excluding hydrogens is 401 g/mol. The van der Waals surface area contributed by atoms with Gasteiger partial charge in [-0.2, -0.15) is 0 Å². The van der Waals surface area contributed by atoms with Gasteiger partial charge in [0, 0.05) is 23.8 Å². The molecule has 0 aliphatic carbocycles. The zero-order valence-electron chi connectivity index (χ0n) is 15.0. The van der Waals surface area contributed by atoms with Crippen LogP contribution in [-0.4, -0.2) is 32.4 Å². The molecule has 0 N–H and O–H groups in total. The Hall–Kier alpha value is -2.78. The van der Waals surface area contributed by atoms with E-state index in [-0.39, 0.29) is 10.0 Å². The van der Waals surface area contributed by atoms with E-state index in [0.29, 0.717) is 12.2 Å². The molecule has 0 saturated heterocycles. The molecule has 0 bridgehead atoms. The summed E-state index contributed by atoms with van der Waals surface area (Å²) in [6.45, 7) is 1.65. The first-order chi connectivity index (χ1) is 13.4. The third-order valence-corrected chi connectivity index (χ3v) is 6.66. The molecule has 1 aromatic heterocycles. The van der Waals surface area contributed by atoms with Crippen LogP contribution < -0.4 is 9.21 Å². The zero-order valence-corrected chi connectivity index (χ0v) is 16.7. The standard InChI is InChI=1S/C19H18FN3O3S2/c1-2-22(16-10-8-15(20)9-11-16)18(24)14-23(19-21-12-13-27-19)28(25,26)17-6-4-3-5-7-17/h3-13H,2,14H2,1H3. The number of aromatic nitrogens is 1. The van der Waals surface area contributed by atoms with Crippen LogP contribution in [0.2, 0.25) is 0 Å². The van der Waals surface area contributed by atoms with Crippen LogP contribution in [0.5, 0.6) is 0 Å². The number of halogens is 1. The number of hydrogen-bond acceptors (Lipinski definition) is 5. The van der Waals surface area contributed by atoms with Gasteiger partial charge in [0.05, 0.1) is 4.90 Å². The van der Waals surface area contributed by atoms with Crippen molar-refractivity contribution in [3.8, 4) is 0 Å². The number of thiazole rings is 1. The average Bonchev–Trinajstić information content (AvgIpc) is 3.23. The lowest BCUT2D eigenvalue weighted by molar-refractivity contribution is -0.117. The number of likely N-dealkylation sites (N-methyl/N-ethyl adjacent to an activating group) is 1. The van der Waals surface area contributed by atoms with Crippen molar-refractivity contribution in [3.05, 3.63) is 72.0 Å². The highest BCUT2D eigenvalue weighted by atomic mass is 32.2. The minimum Gasteiger partial charge on any atom is -0.311 e. The minimum atomic E-state index is -3.98. The van der Waals surface area contributed by atoms with Crippen molar-refractivity contribution in [2.45, 2.75) is 11.8 Å². The first-order valence-corrected chi connectivity index (χ1v) is 10.8. The molecule has 3 rings (SSSR count). The van der Waals surface area contributed by atoms with E-state index in [1.807, 2.05) is 0 Å². The summed E-state index contributed by atoms with van der Waals surface area (Å²) < 4.78 is 40.5. The fourth-order valence-electron chi connectivity index (χ4n) is 2.65. The van der Waals surface area contributed by atoms with E-state index >= 15 is 0 Å². The molecular formula is C19H18FN3O3S2. The zero-order chi connectivity index (χ0) is 20.1. The molecule has 9 heteroatoms. The largest absolute Gasteiger partial charge is 0.311 e. The molecule has 0 aliphatic heterocycles. The van der Waals surface area contributed by atoms with E-state index < -0.39 is 28.3 Å². The molecule has 6 nitrogen and oxygen atoms in total. The van der Waals surface area contributed by atoms with Gasteiger partial charge in [-0.25, -0.2) is 22.1 Å². The van der Waals surface area contributed by atoms with Crippen LogP contribution in [0.4, 0.5) is 15.2 Å². The Bertz CT molecular complexity index is 1020. The van der Waals surface area contributed by atoms with Crippen molar-refractivity contribution in [2.75, 3.05) is 22.3 Å². The van der Waals surface area contributed by atoms with Crippen LogP contribution in [0.25, 0.3) is 0 Å². The Kier molecular flexibility index (Phi) is 6.05. The first-order valence-electron chi connectivity index (χ1n) is 8.46. The average molecular weight is 420 g/mol. The molecule has 0 aliphatic rings. The van der Waals surface area contributed by atoms with Crippen molar-refractivity contribution in [1.82, 2.24) is 4.98 Å². The molecule has 2 aromatic carbocycles. The maximum absolute atomic E-state index is 13.2. The Morgan fingerprint density at radius 3 is 2.36 bits per heavy atom. The van der Waals surface area contributed by atoms with Crippen molar-refractivity contribution >= 4 is 38.1 Å². The minimum absolute atomic E-state index is 0.0721. The number of amides is 1. The predicted molar refractivity (Wildman–Crippen MR) is 108 cm³/mol. The number of carbonyl (C=O) groups excluding carboxylic acids is 1. The number of benzene rings is 2. The summed E-state index contributed by atoms with van der Waals surface area (Å²) in [4.78, 5) is 18.5. The number of hydrogen-bond donors (Lipinski definition) is 0. The smallest absolute Gasteiger partial charge is 0.266 e. The summed E-state index contributed by atoms with van der Waals surface area (Å²) in [6, 6.07) is 13.4. The fraction of sp³-hybridized carbons (Fsp3) is 0.158. The van der Waals surface area contributed by atoms with Crippen molar-refractivity contribution in [2.24, 2.45) is 0 Å². The molecule has 0 saturated carbocycles. The van der Waals surface area contributed by atoms with E-state index in [0.717, 1.165) is 15.6 Å². The van der Waals surface area contributed by atoms with Gasteiger partial charge in [0.15, 0.2) is 5.13 Å². The lowest BCUT2D eigenvalue weighted by Gasteiger charge is -2.26. The van der Waals surface area contributed by atoms with Gasteiger partial charge in [-0.05, 0) is 43.3 Å². The number of nitrogens with zero attached hydrogens (tertiary/aromatic N) is 3. The van der Waals surface area contributed by atoms with E-state index in [4.69, 9.17) is 0 Å². The van der Waals surface area contributed by atoms with Gasteiger partial charge in [-0.1, -0.05) is 18.2 Å². The molecule has 0 spiro atoms. The maximum atomic E-state index is 13.2. The molecule has 146 valence electrons. The second-order valence-corrected chi connectivity index (χ2v) is 8.49. The molecule has 0 atom stereocenters. The van der Waals surface area contributed by atoms with Gasteiger partial charge >= 0.3 is 0 Å². The molecule has 0 fully saturated rings. The maximum Gasteiger partial charge on any atom is 0.266 e. The molecule has 1 amide bonds. The molecule has 0 unspecified atom stereocenters. The molecule has 1 heterocycles. The number of sulfonamides is 1. The summed E-state index contributed by atoms with van der Waals surface area (Å²) in [7, 11) is -3.98. The van der Waals surface area contributed by atoms with E-state index in [2.05, 4.69) is 4.98 Å². The number of carbonyl (C=O) groups is 1. The quantitative estimate of drug-likeness (QED) is 0.587. The number of anilines is 2. The summed E-state index contributed by atoms with van der Waals surface area (Å²) in [6.07, 6.45) is 1.48. The molecule has 3 aromatic rings. The van der Waals surface area contributed by atoms with Crippen molar-refractivity contribution < 1.29 is 17.6 Å². The SMILES string of the molecule is CCN(C(=O)CN(c1nccs1)S(=O)(=O)c1ccccc1)c1ccc(F)cc1. The summed E-state index contributed by atoms with van der Waals surface area (Å²) >= 11 is 1.13. The highest BCUT2D eigenvalue weighted by Crippen LogP contribution is 2.26. The lowest BCUT2D eigenvalue weighted by atomic mass is 10.2. The lowest BCUT2D eigenvalue weighted by Crippen LogP contribution is -2.43. The normalized spacial score (nSPS) is 11.2. The summed E-state index contributed by atoms with van der Waals surface area (Å²) in [5.41, 5.74) is 0.491. The van der Waals surface area contributed by atoms with Gasteiger partial charge < -0.3 is 4.90 Å². The topological polar surface area (TPSA) is 70.6 Å². The van der Waals surface area contributed by atoms with E-state index in [9.17, 15) is 17.6 Å². The van der Waals surface area contributed by atoms with Crippen molar-refractivity contribution in [3.63, 3.8) is 0 Å². The van der Waals surface area contributed by atoms with Crippen LogP contribution in [0, 0.1) is 5.82 Å². The Morgan fingerprint density at radius 1 is 1.11 bits per heavy atom. The summed E-state index contributed by atoms with van der Waals surface area (Å²) in [5, 5.41) is 1.84. The van der Waals surface area contributed by atoms with E-state index in [1.54, 1.807) is 30.5 Å².